The average Bonchev–Trinajstić information content (AvgIpc) is 2.06. The molecule has 0 aliphatic rings. The van der Waals surface area contributed by atoms with Gasteiger partial charge in [-0.3, -0.25) is 0 Å². The summed E-state index contributed by atoms with van der Waals surface area (Å²) in [4.78, 5) is 0. The molecule has 1 aromatic carbocycles. The Bertz CT molecular complexity index is 293. The molecule has 0 bridgehead atoms. The Kier molecular flexibility index (Phi) is 3.12. The van der Waals surface area contributed by atoms with Crippen molar-refractivity contribution in [3.63, 3.8) is 0 Å². The highest BCUT2D eigenvalue weighted by Crippen LogP contribution is 2.14. The Morgan fingerprint density at radius 2 is 1.92 bits per heavy atom. The van der Waals surface area contributed by atoms with E-state index >= 15 is 0 Å². The van der Waals surface area contributed by atoms with Gasteiger partial charge in [-0.05, 0) is 24.1 Å². The smallest absolute Gasteiger partial charge is 0.00484 e. The van der Waals surface area contributed by atoms with Gasteiger partial charge in [-0.2, -0.15) is 0 Å². The second-order valence-electron chi connectivity index (χ2n) is 2.68. The number of aryl methyl sites for hydroxylation is 1. The van der Waals surface area contributed by atoms with Crippen LogP contribution in [0, 0.1) is 6.92 Å². The van der Waals surface area contributed by atoms with Gasteiger partial charge in [-0.15, -0.1) is 0 Å². The topological polar surface area (TPSA) is 0 Å². The molecule has 12 heavy (non-hydrogen) atoms. The summed E-state index contributed by atoms with van der Waals surface area (Å²) < 4.78 is 0. The molecule has 0 amide bonds. The minimum atomic E-state index is 0.935. The fraction of sp³-hybridized carbons (Fsp3) is 0.0909. The first-order valence-corrected chi connectivity index (χ1v) is 4.20. The molecule has 1 heteroatoms. The van der Waals surface area contributed by atoms with Gasteiger partial charge in [0.05, 0.1) is 0 Å². The van der Waals surface area contributed by atoms with Crippen LogP contribution in [0.4, 0.5) is 0 Å². The normalized spacial score (nSPS) is 10.5. The number of allylic oxidation sites excluding steroid dienone is 2. The molecule has 0 radical (unpaired) electrons. The van der Waals surface area contributed by atoms with Crippen LogP contribution in [0.5, 0.6) is 0 Å². The van der Waals surface area contributed by atoms with Gasteiger partial charge in [0.2, 0.25) is 0 Å². The molecule has 0 atom stereocenters. The SMILES string of the molecule is C=C(/C=C/Cl)c1ccc(C)cc1. The summed E-state index contributed by atoms with van der Waals surface area (Å²) in [7, 11) is 0. The molecule has 62 valence electrons. The van der Waals surface area contributed by atoms with E-state index in [0.717, 1.165) is 11.1 Å². The molecule has 0 fully saturated rings. The highest BCUT2D eigenvalue weighted by molar-refractivity contribution is 6.26. The molecule has 0 saturated heterocycles. The molecule has 0 spiro atoms. The lowest BCUT2D eigenvalue weighted by molar-refractivity contribution is 1.46. The molecule has 0 unspecified atom stereocenters. The van der Waals surface area contributed by atoms with Crippen LogP contribution in [0.15, 0.2) is 42.5 Å². The first-order valence-electron chi connectivity index (χ1n) is 3.77. The maximum Gasteiger partial charge on any atom is 0.00484 e. The molecule has 1 rings (SSSR count). The standard InChI is InChI=1S/C11H11Cl/c1-9-3-5-11(6-4-9)10(2)7-8-12/h3-8H,2H2,1H3/b8-7+. The average molecular weight is 179 g/mol. The number of benzene rings is 1. The van der Waals surface area contributed by atoms with Gasteiger partial charge in [-0.25, -0.2) is 0 Å². The van der Waals surface area contributed by atoms with Gasteiger partial charge in [-0.1, -0.05) is 48.0 Å². The number of halogens is 1. The third-order valence-electron chi connectivity index (χ3n) is 1.69. The van der Waals surface area contributed by atoms with E-state index in [1.807, 2.05) is 12.1 Å². The van der Waals surface area contributed by atoms with Crippen LogP contribution in [0.2, 0.25) is 0 Å². The molecular formula is C11H11Cl. The first-order chi connectivity index (χ1) is 5.74. The number of rotatable bonds is 2. The first kappa shape index (κ1) is 9.08. The summed E-state index contributed by atoms with van der Waals surface area (Å²) in [5, 5.41) is 0. The molecule has 0 aromatic heterocycles. The van der Waals surface area contributed by atoms with E-state index in [4.69, 9.17) is 11.6 Å². The van der Waals surface area contributed by atoms with Gasteiger partial charge in [0.15, 0.2) is 0 Å². The molecule has 0 nitrogen and oxygen atoms in total. The van der Waals surface area contributed by atoms with Crippen LogP contribution >= 0.6 is 11.6 Å². The highest BCUT2D eigenvalue weighted by atomic mass is 35.5. The van der Waals surface area contributed by atoms with Crippen LogP contribution in [0.3, 0.4) is 0 Å². The van der Waals surface area contributed by atoms with E-state index in [1.54, 1.807) is 6.08 Å². The maximum atomic E-state index is 5.44. The largest absolute Gasteiger partial charge is 0.0929 e. The van der Waals surface area contributed by atoms with Crippen LogP contribution in [0.1, 0.15) is 11.1 Å². The van der Waals surface area contributed by atoms with E-state index in [-0.39, 0.29) is 0 Å². The lowest BCUT2D eigenvalue weighted by atomic mass is 10.1. The third-order valence-corrected chi connectivity index (χ3v) is 1.81. The molecule has 1 aromatic rings. The van der Waals surface area contributed by atoms with Crippen molar-refractivity contribution in [3.05, 3.63) is 53.6 Å². The maximum absolute atomic E-state index is 5.44. The lowest BCUT2D eigenvalue weighted by Crippen LogP contribution is -1.78. The second-order valence-corrected chi connectivity index (χ2v) is 2.94. The summed E-state index contributed by atoms with van der Waals surface area (Å²) in [6.45, 7) is 5.93. The number of hydrogen-bond donors (Lipinski definition) is 0. The summed E-state index contributed by atoms with van der Waals surface area (Å²) in [5.41, 5.74) is 4.77. The zero-order chi connectivity index (χ0) is 8.97. The third kappa shape index (κ3) is 2.24. The van der Waals surface area contributed by atoms with Crippen molar-refractivity contribution in [1.82, 2.24) is 0 Å². The Labute approximate surface area is 78.2 Å². The summed E-state index contributed by atoms with van der Waals surface area (Å²) in [6, 6.07) is 8.19. The van der Waals surface area contributed by atoms with Crippen LogP contribution < -0.4 is 0 Å². The van der Waals surface area contributed by atoms with Gasteiger partial charge < -0.3 is 0 Å². The van der Waals surface area contributed by atoms with E-state index in [0.29, 0.717) is 0 Å². The second kappa shape index (κ2) is 4.13. The van der Waals surface area contributed by atoms with Gasteiger partial charge in [0.25, 0.3) is 0 Å². The van der Waals surface area contributed by atoms with Crippen LogP contribution in [0.25, 0.3) is 5.57 Å². The van der Waals surface area contributed by atoms with Crippen molar-refractivity contribution >= 4 is 17.2 Å². The van der Waals surface area contributed by atoms with E-state index < -0.39 is 0 Å². The van der Waals surface area contributed by atoms with Crippen molar-refractivity contribution in [2.45, 2.75) is 6.92 Å². The van der Waals surface area contributed by atoms with E-state index in [1.165, 1.54) is 11.1 Å². The van der Waals surface area contributed by atoms with Gasteiger partial charge >= 0.3 is 0 Å². The minimum absolute atomic E-state index is 0.935. The zero-order valence-corrected chi connectivity index (χ0v) is 7.81. The predicted molar refractivity (Wildman–Crippen MR) is 55.2 cm³/mol. The molecular weight excluding hydrogens is 168 g/mol. The quantitative estimate of drug-likeness (QED) is 0.605. The van der Waals surface area contributed by atoms with Gasteiger partial charge in [0, 0.05) is 5.54 Å². The Morgan fingerprint density at radius 1 is 1.33 bits per heavy atom. The monoisotopic (exact) mass is 178 g/mol. The predicted octanol–water partition coefficient (Wildman–Crippen LogP) is 3.76. The molecule has 0 N–H and O–H groups in total. The fourth-order valence-corrected chi connectivity index (χ4v) is 1.09. The summed E-state index contributed by atoms with van der Waals surface area (Å²) in [5.74, 6) is 0. The van der Waals surface area contributed by atoms with Crippen molar-refractivity contribution in [2.24, 2.45) is 0 Å². The molecule has 0 aliphatic heterocycles. The van der Waals surface area contributed by atoms with Crippen molar-refractivity contribution in [1.29, 1.82) is 0 Å². The molecule has 0 heterocycles. The molecule has 0 saturated carbocycles. The van der Waals surface area contributed by atoms with Crippen LogP contribution in [-0.4, -0.2) is 0 Å². The molecule has 0 aliphatic carbocycles. The lowest BCUT2D eigenvalue weighted by Gasteiger charge is -1.99. The Balaban J connectivity index is 2.90. The minimum Gasteiger partial charge on any atom is -0.0929 e. The number of hydrogen-bond acceptors (Lipinski definition) is 0. The highest BCUT2D eigenvalue weighted by Gasteiger charge is 1.92. The van der Waals surface area contributed by atoms with Gasteiger partial charge in [0.1, 0.15) is 0 Å². The Hall–Kier alpha value is -1.01. The summed E-state index contributed by atoms with van der Waals surface area (Å²) >= 11 is 5.44. The fourth-order valence-electron chi connectivity index (χ4n) is 0.940. The van der Waals surface area contributed by atoms with E-state index in [9.17, 15) is 0 Å². The summed E-state index contributed by atoms with van der Waals surface area (Å²) in [6.07, 6.45) is 1.78. The zero-order valence-electron chi connectivity index (χ0n) is 7.05. The van der Waals surface area contributed by atoms with E-state index in [2.05, 4.69) is 25.6 Å². The van der Waals surface area contributed by atoms with Crippen molar-refractivity contribution in [3.8, 4) is 0 Å². The Morgan fingerprint density at radius 3 is 2.42 bits per heavy atom. The van der Waals surface area contributed by atoms with Crippen molar-refractivity contribution < 1.29 is 0 Å². The van der Waals surface area contributed by atoms with Crippen molar-refractivity contribution in [2.75, 3.05) is 0 Å². The van der Waals surface area contributed by atoms with Crippen LogP contribution in [-0.2, 0) is 0 Å².